The van der Waals surface area contributed by atoms with Gasteiger partial charge in [-0.2, -0.15) is 0 Å². The third-order valence-electron chi connectivity index (χ3n) is 6.07. The quantitative estimate of drug-likeness (QED) is 0.259. The fraction of sp³-hybridized carbons (Fsp3) is 0.680. The van der Waals surface area contributed by atoms with Crippen molar-refractivity contribution in [2.24, 2.45) is 0 Å². The molecule has 1 N–H and O–H groups in total. The molecule has 1 heterocycles. The molecule has 0 aromatic heterocycles. The Morgan fingerprint density at radius 3 is 2.10 bits per heavy atom. The number of hydrogen-bond donors (Lipinski definition) is 1. The molecular formula is C25H38O4. The number of aryl methyl sites for hydroxylation is 1. The zero-order chi connectivity index (χ0) is 21.1. The third-order valence-corrected chi connectivity index (χ3v) is 6.07. The minimum Gasteiger partial charge on any atom is -0.478 e. The molecule has 1 unspecified atom stereocenters. The van der Waals surface area contributed by atoms with Crippen molar-refractivity contribution in [3.8, 4) is 0 Å². The van der Waals surface area contributed by atoms with Crippen molar-refractivity contribution in [3.63, 3.8) is 0 Å². The lowest BCUT2D eigenvalue weighted by Crippen LogP contribution is -2.37. The molecule has 0 fully saturated rings. The SMILES string of the molecule is CCCCCCCCc1cccc2c1C(CCCCCCCC)(C(=O)O)OC2=O. The highest BCUT2D eigenvalue weighted by Crippen LogP contribution is 2.43. The molecule has 4 heteroatoms. The molecule has 0 bridgehead atoms. The summed E-state index contributed by atoms with van der Waals surface area (Å²) in [7, 11) is 0. The van der Waals surface area contributed by atoms with E-state index in [0.717, 1.165) is 44.1 Å². The number of ether oxygens (including phenoxy) is 1. The molecule has 1 atom stereocenters. The predicted molar refractivity (Wildman–Crippen MR) is 116 cm³/mol. The lowest BCUT2D eigenvalue weighted by Gasteiger charge is -2.26. The van der Waals surface area contributed by atoms with Crippen LogP contribution >= 0.6 is 0 Å². The summed E-state index contributed by atoms with van der Waals surface area (Å²) in [5.74, 6) is -1.52. The number of fused-ring (bicyclic) bond motifs is 1. The molecule has 1 aliphatic heterocycles. The molecular weight excluding hydrogens is 364 g/mol. The molecule has 1 aliphatic rings. The molecule has 0 spiro atoms. The molecule has 1 aromatic rings. The van der Waals surface area contributed by atoms with E-state index in [9.17, 15) is 14.7 Å². The number of rotatable bonds is 15. The van der Waals surface area contributed by atoms with Crippen LogP contribution in [-0.2, 0) is 21.6 Å². The van der Waals surface area contributed by atoms with Crippen LogP contribution in [0.1, 0.15) is 119 Å². The van der Waals surface area contributed by atoms with Crippen LogP contribution in [0.4, 0.5) is 0 Å². The van der Waals surface area contributed by atoms with Crippen LogP contribution in [0.25, 0.3) is 0 Å². The summed E-state index contributed by atoms with van der Waals surface area (Å²) in [6, 6.07) is 5.55. The summed E-state index contributed by atoms with van der Waals surface area (Å²) in [5, 5.41) is 10.1. The number of cyclic esters (lactones) is 1. The van der Waals surface area contributed by atoms with Crippen LogP contribution in [-0.4, -0.2) is 17.0 Å². The first-order valence-corrected chi connectivity index (χ1v) is 11.7. The normalized spacial score (nSPS) is 17.9. The monoisotopic (exact) mass is 402 g/mol. The molecule has 0 saturated carbocycles. The van der Waals surface area contributed by atoms with E-state index in [1.165, 1.54) is 44.9 Å². The van der Waals surface area contributed by atoms with E-state index in [1.807, 2.05) is 12.1 Å². The standard InChI is InChI=1S/C25H38O4/c1-3-5-7-9-11-13-16-20-17-15-18-21-22(20)25(24(27)28,29-23(21)26)19-14-12-10-8-6-4-2/h15,17-18H,3-14,16,19H2,1-2H3,(H,27,28). The molecule has 162 valence electrons. The first-order chi connectivity index (χ1) is 14.1. The Hall–Kier alpha value is -1.84. The maximum atomic E-state index is 12.5. The summed E-state index contributed by atoms with van der Waals surface area (Å²) >= 11 is 0. The number of benzene rings is 1. The van der Waals surface area contributed by atoms with Crippen molar-refractivity contribution in [1.82, 2.24) is 0 Å². The average Bonchev–Trinajstić information content (AvgIpc) is 3.01. The number of aliphatic carboxylic acids is 1. The van der Waals surface area contributed by atoms with Gasteiger partial charge in [-0.3, -0.25) is 0 Å². The minimum atomic E-state index is -1.50. The Balaban J connectivity index is 2.09. The Morgan fingerprint density at radius 1 is 0.897 bits per heavy atom. The molecule has 1 aromatic carbocycles. The Morgan fingerprint density at radius 2 is 1.48 bits per heavy atom. The molecule has 0 saturated heterocycles. The molecule has 4 nitrogen and oxygen atoms in total. The van der Waals surface area contributed by atoms with Gasteiger partial charge in [0.15, 0.2) is 0 Å². The van der Waals surface area contributed by atoms with E-state index >= 15 is 0 Å². The summed E-state index contributed by atoms with van der Waals surface area (Å²) in [5.41, 5.74) is 0.536. The van der Waals surface area contributed by atoms with Crippen LogP contribution in [0.2, 0.25) is 0 Å². The number of esters is 1. The zero-order valence-electron chi connectivity index (χ0n) is 18.3. The molecule has 0 amide bonds. The van der Waals surface area contributed by atoms with Crippen molar-refractivity contribution in [3.05, 3.63) is 34.9 Å². The Bertz CT molecular complexity index is 667. The van der Waals surface area contributed by atoms with Gasteiger partial charge in [-0.05, 0) is 30.9 Å². The number of carboxylic acids is 1. The van der Waals surface area contributed by atoms with Gasteiger partial charge >= 0.3 is 11.9 Å². The topological polar surface area (TPSA) is 63.6 Å². The smallest absolute Gasteiger partial charge is 0.353 e. The highest BCUT2D eigenvalue weighted by atomic mass is 16.6. The van der Waals surface area contributed by atoms with Crippen LogP contribution in [0.15, 0.2) is 18.2 Å². The zero-order valence-corrected chi connectivity index (χ0v) is 18.3. The summed E-state index contributed by atoms with van der Waals surface area (Å²) in [6.45, 7) is 4.39. The third kappa shape index (κ3) is 6.07. The summed E-state index contributed by atoms with van der Waals surface area (Å²) in [4.78, 5) is 24.8. The molecule has 0 radical (unpaired) electrons. The van der Waals surface area contributed by atoms with Gasteiger partial charge in [-0.15, -0.1) is 0 Å². The van der Waals surface area contributed by atoms with Gasteiger partial charge in [0.2, 0.25) is 5.60 Å². The summed E-state index contributed by atoms with van der Waals surface area (Å²) in [6.07, 6.45) is 14.7. The lowest BCUT2D eigenvalue weighted by molar-refractivity contribution is -0.160. The molecule has 29 heavy (non-hydrogen) atoms. The van der Waals surface area contributed by atoms with Crippen LogP contribution in [0, 0.1) is 0 Å². The number of carboxylic acid groups (broad SMARTS) is 1. The largest absolute Gasteiger partial charge is 0.478 e. The number of hydrogen-bond acceptors (Lipinski definition) is 3. The van der Waals surface area contributed by atoms with E-state index in [2.05, 4.69) is 13.8 Å². The lowest BCUT2D eigenvalue weighted by atomic mass is 9.82. The van der Waals surface area contributed by atoms with E-state index < -0.39 is 17.5 Å². The van der Waals surface area contributed by atoms with E-state index in [-0.39, 0.29) is 0 Å². The molecule has 2 rings (SSSR count). The second-order valence-electron chi connectivity index (χ2n) is 8.40. The van der Waals surface area contributed by atoms with Gasteiger partial charge in [0, 0.05) is 12.0 Å². The van der Waals surface area contributed by atoms with E-state index in [0.29, 0.717) is 17.5 Å². The van der Waals surface area contributed by atoms with Crippen molar-refractivity contribution in [1.29, 1.82) is 0 Å². The van der Waals surface area contributed by atoms with Gasteiger partial charge in [-0.25, -0.2) is 9.59 Å². The number of carbonyl (C=O) groups excluding carboxylic acids is 1. The fourth-order valence-electron chi connectivity index (χ4n) is 4.40. The van der Waals surface area contributed by atoms with Gasteiger partial charge < -0.3 is 9.84 Å². The van der Waals surface area contributed by atoms with Crippen molar-refractivity contribution in [2.75, 3.05) is 0 Å². The van der Waals surface area contributed by atoms with Gasteiger partial charge in [-0.1, -0.05) is 90.2 Å². The first-order valence-electron chi connectivity index (χ1n) is 11.7. The minimum absolute atomic E-state index is 0.362. The highest BCUT2D eigenvalue weighted by Gasteiger charge is 2.52. The second-order valence-corrected chi connectivity index (χ2v) is 8.40. The van der Waals surface area contributed by atoms with Gasteiger partial charge in [0.05, 0.1) is 5.56 Å². The Kier molecular flexibility index (Phi) is 9.69. The maximum Gasteiger partial charge on any atom is 0.353 e. The van der Waals surface area contributed by atoms with Crippen molar-refractivity contribution in [2.45, 2.75) is 109 Å². The maximum absolute atomic E-state index is 12.5. The fourth-order valence-corrected chi connectivity index (χ4v) is 4.40. The molecule has 0 aliphatic carbocycles. The van der Waals surface area contributed by atoms with Gasteiger partial charge in [0.1, 0.15) is 0 Å². The van der Waals surface area contributed by atoms with Crippen LogP contribution in [0.3, 0.4) is 0 Å². The predicted octanol–water partition coefficient (Wildman–Crippen LogP) is 6.79. The second kappa shape index (κ2) is 12.0. The van der Waals surface area contributed by atoms with Gasteiger partial charge in [0.25, 0.3) is 0 Å². The Labute approximate surface area is 176 Å². The highest BCUT2D eigenvalue weighted by molar-refractivity contribution is 6.01. The van der Waals surface area contributed by atoms with E-state index in [4.69, 9.17) is 4.74 Å². The summed E-state index contributed by atoms with van der Waals surface area (Å²) < 4.78 is 5.57. The van der Waals surface area contributed by atoms with Crippen molar-refractivity contribution >= 4 is 11.9 Å². The van der Waals surface area contributed by atoms with Crippen LogP contribution in [0.5, 0.6) is 0 Å². The number of carbonyl (C=O) groups is 2. The number of unbranched alkanes of at least 4 members (excludes halogenated alkanes) is 10. The van der Waals surface area contributed by atoms with Crippen LogP contribution < -0.4 is 0 Å². The average molecular weight is 403 g/mol. The van der Waals surface area contributed by atoms with E-state index in [1.54, 1.807) is 6.07 Å². The first kappa shape index (κ1) is 23.4. The van der Waals surface area contributed by atoms with Crippen molar-refractivity contribution < 1.29 is 19.4 Å².